The number of aromatic amines is 1. The highest BCUT2D eigenvalue weighted by molar-refractivity contribution is 5.96. The summed E-state index contributed by atoms with van der Waals surface area (Å²) < 4.78 is 42.0. The van der Waals surface area contributed by atoms with E-state index in [2.05, 4.69) is 39.4 Å². The normalized spacial score (nSPS) is 23.0. The van der Waals surface area contributed by atoms with Gasteiger partial charge in [-0.05, 0) is 63.9 Å². The number of carbonyl (C=O) groups excluding carboxylic acids is 1. The molecule has 196 valence electrons. The quantitative estimate of drug-likeness (QED) is 0.533. The van der Waals surface area contributed by atoms with E-state index in [-0.39, 0.29) is 29.1 Å². The van der Waals surface area contributed by atoms with Crippen LogP contribution in [0.15, 0.2) is 12.4 Å². The number of alkyl halides is 3. The number of hydrogen-bond donors (Lipinski definition) is 3. The lowest BCUT2D eigenvalue weighted by Gasteiger charge is -2.36. The van der Waals surface area contributed by atoms with Crippen molar-refractivity contribution >= 4 is 11.9 Å². The zero-order valence-corrected chi connectivity index (χ0v) is 21.0. The average Bonchev–Trinajstić information content (AvgIpc) is 3.46. The van der Waals surface area contributed by atoms with Crippen LogP contribution in [-0.2, 0) is 12.6 Å². The van der Waals surface area contributed by atoms with E-state index >= 15 is 0 Å². The third-order valence-electron chi connectivity index (χ3n) is 7.92. The van der Waals surface area contributed by atoms with Crippen LogP contribution in [0.3, 0.4) is 0 Å². The van der Waals surface area contributed by atoms with Crippen LogP contribution in [0.5, 0.6) is 0 Å². The van der Waals surface area contributed by atoms with E-state index in [1.54, 1.807) is 0 Å². The van der Waals surface area contributed by atoms with Crippen LogP contribution in [0.4, 0.5) is 19.1 Å². The second kappa shape index (κ2) is 9.68. The minimum atomic E-state index is -4.61. The van der Waals surface area contributed by atoms with Gasteiger partial charge in [0.2, 0.25) is 5.95 Å². The van der Waals surface area contributed by atoms with Crippen LogP contribution >= 0.6 is 0 Å². The van der Waals surface area contributed by atoms with Gasteiger partial charge in [0, 0.05) is 49.2 Å². The van der Waals surface area contributed by atoms with Crippen molar-refractivity contribution in [2.75, 3.05) is 25.0 Å². The fourth-order valence-corrected chi connectivity index (χ4v) is 5.80. The summed E-state index contributed by atoms with van der Waals surface area (Å²) >= 11 is 0. The monoisotopic (exact) mass is 504 g/mol. The fourth-order valence-electron chi connectivity index (χ4n) is 5.80. The van der Waals surface area contributed by atoms with Gasteiger partial charge < -0.3 is 20.5 Å². The highest BCUT2D eigenvalue weighted by Crippen LogP contribution is 2.39. The maximum atomic E-state index is 14.0. The zero-order valence-electron chi connectivity index (χ0n) is 21.0. The summed E-state index contributed by atoms with van der Waals surface area (Å²) in [7, 11) is 0. The standard InChI is InChI=1S/C26H35F3N6O/c1-25(2)10-9-17(12-32-25)33-24-31-14-20(26(27,28)29)21(34-24)19-13-30-22-18(19)8-5-11-35(23(22)36)15-16-6-3-4-7-16/h13-14,16-17,30,32H,3-12,15H2,1-2H3,(H,31,33,34). The van der Waals surface area contributed by atoms with Crippen LogP contribution in [0, 0.1) is 5.92 Å². The van der Waals surface area contributed by atoms with E-state index in [1.807, 2.05) is 4.90 Å². The molecule has 3 N–H and O–H groups in total. The summed E-state index contributed by atoms with van der Waals surface area (Å²) in [5, 5.41) is 6.65. The van der Waals surface area contributed by atoms with Crippen molar-refractivity contribution in [3.05, 3.63) is 29.2 Å². The molecule has 1 saturated carbocycles. The SMILES string of the molecule is CC1(C)CCC(Nc2ncc(C(F)(F)F)c(-c3c[nH]c4c3CCCN(CC3CCCC3)C4=O)n2)CN1. The van der Waals surface area contributed by atoms with Crippen molar-refractivity contribution in [3.63, 3.8) is 0 Å². The molecule has 0 spiro atoms. The molecule has 0 bridgehead atoms. The minimum absolute atomic E-state index is 0.0247. The lowest BCUT2D eigenvalue weighted by Crippen LogP contribution is -2.50. The topological polar surface area (TPSA) is 85.9 Å². The number of carbonyl (C=O) groups is 1. The number of rotatable bonds is 5. The largest absolute Gasteiger partial charge is 0.419 e. The Morgan fingerprint density at radius 2 is 1.97 bits per heavy atom. The van der Waals surface area contributed by atoms with E-state index in [9.17, 15) is 18.0 Å². The van der Waals surface area contributed by atoms with E-state index in [4.69, 9.17) is 0 Å². The first kappa shape index (κ1) is 25.0. The van der Waals surface area contributed by atoms with Gasteiger partial charge in [0.25, 0.3) is 5.91 Å². The molecular weight excluding hydrogens is 469 g/mol. The third-order valence-corrected chi connectivity index (χ3v) is 7.92. The molecule has 0 radical (unpaired) electrons. The summed E-state index contributed by atoms with van der Waals surface area (Å²) in [6, 6.07) is 0.0247. The minimum Gasteiger partial charge on any atom is -0.356 e. The summed E-state index contributed by atoms with van der Waals surface area (Å²) in [6.07, 6.45) is 5.43. The molecule has 1 amide bonds. The van der Waals surface area contributed by atoms with E-state index in [0.29, 0.717) is 55.2 Å². The predicted molar refractivity (Wildman–Crippen MR) is 132 cm³/mol. The van der Waals surface area contributed by atoms with Gasteiger partial charge in [-0.2, -0.15) is 13.2 Å². The Morgan fingerprint density at radius 1 is 1.19 bits per heavy atom. The van der Waals surface area contributed by atoms with Crippen molar-refractivity contribution < 1.29 is 18.0 Å². The molecule has 2 aliphatic heterocycles. The molecule has 0 aromatic carbocycles. The summed E-state index contributed by atoms with van der Waals surface area (Å²) in [6.45, 7) is 6.27. The molecule has 2 aromatic heterocycles. The summed E-state index contributed by atoms with van der Waals surface area (Å²) in [5.41, 5.74) is 0.300. The Morgan fingerprint density at radius 3 is 2.67 bits per heavy atom. The maximum Gasteiger partial charge on any atom is 0.419 e. The van der Waals surface area contributed by atoms with Crippen molar-refractivity contribution in [1.82, 2.24) is 25.2 Å². The van der Waals surface area contributed by atoms with Crippen LogP contribution in [0.25, 0.3) is 11.3 Å². The van der Waals surface area contributed by atoms with Gasteiger partial charge in [0.15, 0.2) is 0 Å². The first-order valence-corrected chi connectivity index (χ1v) is 13.1. The number of nitrogens with one attached hydrogen (secondary N) is 3. The number of fused-ring (bicyclic) bond motifs is 1. The van der Waals surface area contributed by atoms with Gasteiger partial charge in [0.05, 0.1) is 5.69 Å². The molecule has 10 heteroatoms. The zero-order chi connectivity index (χ0) is 25.5. The van der Waals surface area contributed by atoms with Crippen molar-refractivity contribution in [2.24, 2.45) is 5.92 Å². The second-order valence-electron chi connectivity index (χ2n) is 11.2. The van der Waals surface area contributed by atoms with Crippen LogP contribution in [0.2, 0.25) is 0 Å². The number of piperidine rings is 1. The lowest BCUT2D eigenvalue weighted by atomic mass is 9.91. The Kier molecular flexibility index (Phi) is 6.74. The van der Waals surface area contributed by atoms with E-state index in [1.165, 1.54) is 19.0 Å². The Hall–Kier alpha value is -2.62. The molecule has 36 heavy (non-hydrogen) atoms. The highest BCUT2D eigenvalue weighted by atomic mass is 19.4. The van der Waals surface area contributed by atoms with Crippen LogP contribution in [0.1, 0.15) is 80.4 Å². The number of halogens is 3. The molecule has 1 saturated heterocycles. The number of amides is 1. The van der Waals surface area contributed by atoms with Crippen LogP contribution < -0.4 is 10.6 Å². The number of aromatic nitrogens is 3. The van der Waals surface area contributed by atoms with Crippen molar-refractivity contribution in [3.8, 4) is 11.3 Å². The van der Waals surface area contributed by atoms with Gasteiger partial charge in [-0.3, -0.25) is 4.79 Å². The molecule has 7 nitrogen and oxygen atoms in total. The molecule has 2 fully saturated rings. The van der Waals surface area contributed by atoms with Crippen LogP contribution in [-0.4, -0.2) is 57.0 Å². The number of H-pyrrole nitrogens is 1. The molecule has 1 unspecified atom stereocenters. The first-order chi connectivity index (χ1) is 17.1. The average molecular weight is 505 g/mol. The first-order valence-electron chi connectivity index (χ1n) is 13.1. The molecular formula is C26H35F3N6O. The number of nitrogens with zero attached hydrogens (tertiary/aromatic N) is 3. The maximum absolute atomic E-state index is 14.0. The highest BCUT2D eigenvalue weighted by Gasteiger charge is 2.38. The lowest BCUT2D eigenvalue weighted by molar-refractivity contribution is -0.137. The van der Waals surface area contributed by atoms with Crippen molar-refractivity contribution in [2.45, 2.75) is 83.0 Å². The fraction of sp³-hybridized carbons (Fsp3) is 0.654. The van der Waals surface area contributed by atoms with Gasteiger partial charge in [0.1, 0.15) is 11.3 Å². The molecule has 1 aliphatic carbocycles. The Labute approximate surface area is 209 Å². The molecule has 5 rings (SSSR count). The summed E-state index contributed by atoms with van der Waals surface area (Å²) in [5.74, 6) is 0.553. The molecule has 4 heterocycles. The molecule has 3 aliphatic rings. The van der Waals surface area contributed by atoms with Gasteiger partial charge >= 0.3 is 6.18 Å². The van der Waals surface area contributed by atoms with E-state index < -0.39 is 11.7 Å². The predicted octanol–water partition coefficient (Wildman–Crippen LogP) is 5.01. The van der Waals surface area contributed by atoms with Gasteiger partial charge in [-0.1, -0.05) is 12.8 Å². The summed E-state index contributed by atoms with van der Waals surface area (Å²) in [4.78, 5) is 26.6. The van der Waals surface area contributed by atoms with Gasteiger partial charge in [-0.15, -0.1) is 0 Å². The van der Waals surface area contributed by atoms with Crippen molar-refractivity contribution in [1.29, 1.82) is 0 Å². The Balaban J connectivity index is 1.44. The number of hydrogen-bond acceptors (Lipinski definition) is 5. The third kappa shape index (κ3) is 5.23. The molecule has 1 atom stereocenters. The van der Waals surface area contributed by atoms with E-state index in [0.717, 1.165) is 31.9 Å². The smallest absolute Gasteiger partial charge is 0.356 e. The molecule has 2 aromatic rings. The number of anilines is 1. The second-order valence-corrected chi connectivity index (χ2v) is 11.2. The Bertz CT molecular complexity index is 1100. The van der Waals surface area contributed by atoms with Gasteiger partial charge in [-0.25, -0.2) is 9.97 Å².